The third kappa shape index (κ3) is 8.35. The molecule has 6 aliphatic rings. The molecule has 0 aromatic carbocycles. The van der Waals surface area contributed by atoms with Crippen LogP contribution in [0.4, 0.5) is 0 Å². The molecule has 17 nitrogen and oxygen atoms in total. The molecule has 0 amide bonds. The Hall–Kier alpha value is -0.650. The number of aliphatic hydroxyl groups is 7. The van der Waals surface area contributed by atoms with Crippen LogP contribution >= 0.6 is 0 Å². The number of ether oxygens (including phenoxy) is 6. The van der Waals surface area contributed by atoms with Crippen molar-refractivity contribution in [1.29, 1.82) is 0 Å². The first kappa shape index (κ1) is 45.9. The van der Waals surface area contributed by atoms with Gasteiger partial charge in [-0.15, -0.1) is 0 Å². The van der Waals surface area contributed by atoms with Crippen LogP contribution in [0.15, 0.2) is 0 Å². The summed E-state index contributed by atoms with van der Waals surface area (Å²) >= 11 is 0. The lowest BCUT2D eigenvalue weighted by atomic mass is 9.41. The minimum Gasteiger partial charge on any atom is -0.394 e. The molecule has 21 atom stereocenters. The fourth-order valence-corrected chi connectivity index (χ4v) is 13.2. The second-order valence-corrected chi connectivity index (χ2v) is 19.9. The first-order chi connectivity index (χ1) is 26.6. The van der Waals surface area contributed by atoms with Gasteiger partial charge in [0.05, 0.1) is 49.3 Å². The van der Waals surface area contributed by atoms with E-state index in [0.29, 0.717) is 38.5 Å². The number of rotatable bonds is 14. The van der Waals surface area contributed by atoms with Crippen molar-refractivity contribution >= 4 is 10.4 Å². The number of fused-ring (bicyclic) bond motifs is 5. The van der Waals surface area contributed by atoms with Crippen molar-refractivity contribution in [3.8, 4) is 0 Å². The van der Waals surface area contributed by atoms with Crippen molar-refractivity contribution in [1.82, 2.24) is 0 Å². The van der Waals surface area contributed by atoms with Gasteiger partial charge in [-0.2, -0.15) is 8.42 Å². The molecule has 6 fully saturated rings. The quantitative estimate of drug-likeness (QED) is 0.111. The molecule has 332 valence electrons. The molecule has 0 radical (unpaired) electrons. The molecule has 2 aliphatic heterocycles. The summed E-state index contributed by atoms with van der Waals surface area (Å²) in [5.74, 6) is -1.97. The standard InChI is InChI=1S/C39H68O17S/c1-18(2)23(53-36-33(30(44)25(16-40)54-36)55-35-32(51-7)31(45)26(50-6)17-52-35)9-8-19(3)20-14-22(42)34-37(20,4)13-11-27-38(5)12-10-21(41)29(43)28(38)24(15-39(27,34)46)56-57(47,48)49/h18-36,40-46H,8-17H2,1-7H3,(H,47,48,49)/t19-,20+,21+,22-,23+,24+,25-,26-,27-,28-,29+,30-,31+,32-,33+,34-,35+,36+,37-,38-,39+/m1/s1. The zero-order valence-corrected chi connectivity index (χ0v) is 35.0. The first-order valence-corrected chi connectivity index (χ1v) is 22.0. The molecule has 6 rings (SSSR count). The maximum atomic E-state index is 12.9. The summed E-state index contributed by atoms with van der Waals surface area (Å²) in [5.41, 5.74) is -3.00. The van der Waals surface area contributed by atoms with Gasteiger partial charge in [0.1, 0.15) is 36.6 Å². The monoisotopic (exact) mass is 840 g/mol. The van der Waals surface area contributed by atoms with Gasteiger partial charge >= 0.3 is 10.4 Å². The van der Waals surface area contributed by atoms with E-state index in [2.05, 4.69) is 13.8 Å². The van der Waals surface area contributed by atoms with E-state index in [9.17, 15) is 48.7 Å². The molecule has 0 bridgehead atoms. The molecule has 4 aliphatic carbocycles. The van der Waals surface area contributed by atoms with E-state index in [1.54, 1.807) is 0 Å². The van der Waals surface area contributed by atoms with Gasteiger partial charge in [0, 0.05) is 32.5 Å². The van der Waals surface area contributed by atoms with Crippen molar-refractivity contribution in [3.63, 3.8) is 0 Å². The average molecular weight is 841 g/mol. The van der Waals surface area contributed by atoms with Crippen LogP contribution < -0.4 is 0 Å². The van der Waals surface area contributed by atoms with E-state index in [0.717, 1.165) is 0 Å². The molecule has 0 aromatic heterocycles. The van der Waals surface area contributed by atoms with Crippen LogP contribution in [0.1, 0.15) is 86.0 Å². The van der Waals surface area contributed by atoms with Gasteiger partial charge in [-0.3, -0.25) is 4.55 Å². The lowest BCUT2D eigenvalue weighted by Gasteiger charge is -2.66. The van der Waals surface area contributed by atoms with Crippen LogP contribution in [0.5, 0.6) is 0 Å². The normalized spacial score (nSPS) is 50.0. The van der Waals surface area contributed by atoms with Gasteiger partial charge in [0.2, 0.25) is 0 Å². The van der Waals surface area contributed by atoms with Crippen LogP contribution in [0, 0.1) is 46.3 Å². The summed E-state index contributed by atoms with van der Waals surface area (Å²) in [6.07, 6.45) is -9.98. The van der Waals surface area contributed by atoms with Crippen molar-refractivity contribution in [3.05, 3.63) is 0 Å². The highest BCUT2D eigenvalue weighted by molar-refractivity contribution is 7.80. The second kappa shape index (κ2) is 17.3. The fourth-order valence-electron chi connectivity index (χ4n) is 12.7. The smallest absolute Gasteiger partial charge is 0.394 e. The lowest BCUT2D eigenvalue weighted by molar-refractivity contribution is -0.313. The Morgan fingerprint density at radius 3 is 2.14 bits per heavy atom. The SMILES string of the molecule is CO[C@H]1[C@H](O[C@@H]2[C@@H](O[C@@H](CC[C@@H](C)[C@@H]3C[C@@H](O)[C@@H]4[C@]3(C)CC[C@@H]3[C@@]5(C)CC[C@H](O)[C@H](O)[C@H]5[C@@H](OS(=O)(=O)O)C[C@]34O)C(C)C)O[C@H](CO)[C@H]2O)OC[C@@H](OC)[C@@H]1O. The molecule has 4 saturated carbocycles. The Labute approximate surface area is 336 Å². The van der Waals surface area contributed by atoms with Gasteiger partial charge in [0.15, 0.2) is 12.6 Å². The van der Waals surface area contributed by atoms with Crippen LogP contribution in [-0.4, -0.2) is 161 Å². The zero-order valence-electron chi connectivity index (χ0n) is 34.2. The number of methoxy groups -OCH3 is 2. The van der Waals surface area contributed by atoms with Gasteiger partial charge in [0.25, 0.3) is 0 Å². The number of aliphatic hydroxyl groups excluding tert-OH is 6. The molecule has 0 aromatic rings. The fraction of sp³-hybridized carbons (Fsp3) is 1.00. The zero-order chi connectivity index (χ0) is 42.0. The Morgan fingerprint density at radius 1 is 0.842 bits per heavy atom. The summed E-state index contributed by atoms with van der Waals surface area (Å²) in [7, 11) is -2.14. The Kier molecular flexibility index (Phi) is 13.9. The largest absolute Gasteiger partial charge is 0.397 e. The van der Waals surface area contributed by atoms with Crippen LogP contribution in [0.2, 0.25) is 0 Å². The Balaban J connectivity index is 1.17. The lowest BCUT2D eigenvalue weighted by Crippen LogP contribution is -2.71. The van der Waals surface area contributed by atoms with E-state index in [4.69, 9.17) is 32.6 Å². The van der Waals surface area contributed by atoms with Gasteiger partial charge in [-0.25, -0.2) is 4.18 Å². The second-order valence-electron chi connectivity index (χ2n) is 18.8. The van der Waals surface area contributed by atoms with E-state index in [1.807, 2.05) is 20.8 Å². The van der Waals surface area contributed by atoms with Gasteiger partial charge in [-0.1, -0.05) is 34.6 Å². The predicted octanol–water partition coefficient (Wildman–Crippen LogP) is 0.529. The highest BCUT2D eigenvalue weighted by Gasteiger charge is 2.72. The average Bonchev–Trinajstić information content (AvgIpc) is 3.58. The first-order valence-electron chi connectivity index (χ1n) is 20.7. The van der Waals surface area contributed by atoms with Crippen molar-refractivity contribution < 1.29 is 81.3 Å². The molecule has 18 heteroatoms. The molecule has 0 unspecified atom stereocenters. The van der Waals surface area contributed by atoms with Gasteiger partial charge < -0.3 is 64.2 Å². The minimum atomic E-state index is -4.99. The predicted molar refractivity (Wildman–Crippen MR) is 199 cm³/mol. The topological polar surface area (TPSA) is 261 Å². The third-order valence-electron chi connectivity index (χ3n) is 15.4. The van der Waals surface area contributed by atoms with Crippen LogP contribution in [0.25, 0.3) is 0 Å². The maximum Gasteiger partial charge on any atom is 0.397 e. The highest BCUT2D eigenvalue weighted by atomic mass is 32.3. The van der Waals surface area contributed by atoms with Crippen LogP contribution in [-0.2, 0) is 43.0 Å². The summed E-state index contributed by atoms with van der Waals surface area (Å²) in [4.78, 5) is 0. The van der Waals surface area contributed by atoms with Crippen molar-refractivity contribution in [2.24, 2.45) is 46.3 Å². The molecule has 2 heterocycles. The molecule has 2 saturated heterocycles. The molecule has 8 N–H and O–H groups in total. The van der Waals surface area contributed by atoms with E-state index < -0.39 is 131 Å². The van der Waals surface area contributed by atoms with Crippen molar-refractivity contribution in [2.45, 2.75) is 171 Å². The highest BCUT2D eigenvalue weighted by Crippen LogP contribution is 2.70. The summed E-state index contributed by atoms with van der Waals surface area (Å²) in [6, 6.07) is 0. The van der Waals surface area contributed by atoms with E-state index in [1.165, 1.54) is 14.2 Å². The summed E-state index contributed by atoms with van der Waals surface area (Å²) in [6.45, 7) is 9.64. The van der Waals surface area contributed by atoms with Gasteiger partial charge in [-0.05, 0) is 79.4 Å². The summed E-state index contributed by atoms with van der Waals surface area (Å²) in [5, 5.41) is 78.5. The van der Waals surface area contributed by atoms with Crippen molar-refractivity contribution in [2.75, 3.05) is 27.4 Å². The number of hydrogen-bond acceptors (Lipinski definition) is 16. The van der Waals surface area contributed by atoms with E-state index >= 15 is 0 Å². The third-order valence-corrected chi connectivity index (χ3v) is 15.9. The van der Waals surface area contributed by atoms with Crippen LogP contribution in [0.3, 0.4) is 0 Å². The van der Waals surface area contributed by atoms with E-state index in [-0.39, 0.29) is 37.2 Å². The Morgan fingerprint density at radius 2 is 1.53 bits per heavy atom. The molecule has 0 spiro atoms. The number of hydrogen-bond donors (Lipinski definition) is 8. The Bertz CT molecular complexity index is 1470. The molecule has 57 heavy (non-hydrogen) atoms. The maximum absolute atomic E-state index is 12.9. The molecular formula is C39H68O17S. The summed E-state index contributed by atoms with van der Waals surface area (Å²) < 4.78 is 74.5. The minimum absolute atomic E-state index is 0.0117. The molecular weight excluding hydrogens is 772 g/mol.